The second-order valence-electron chi connectivity index (χ2n) is 7.27. The van der Waals surface area contributed by atoms with E-state index in [1.54, 1.807) is 0 Å². The third-order valence-corrected chi connectivity index (χ3v) is 5.12. The first-order valence-electron chi connectivity index (χ1n) is 8.50. The van der Waals surface area contributed by atoms with Gasteiger partial charge in [0.2, 0.25) is 0 Å². The van der Waals surface area contributed by atoms with E-state index in [0.29, 0.717) is 5.41 Å². The van der Waals surface area contributed by atoms with E-state index < -0.39 is 0 Å². The van der Waals surface area contributed by atoms with E-state index in [1.807, 2.05) is 23.2 Å². The Morgan fingerprint density at radius 1 is 1.30 bits per heavy atom. The van der Waals surface area contributed by atoms with Gasteiger partial charge in [-0.25, -0.2) is 0 Å². The number of hydrogen-bond acceptors (Lipinski definition) is 1. The lowest BCUT2D eigenvalue weighted by Crippen LogP contribution is -2.41. The second kappa shape index (κ2) is 5.88. The molecule has 3 heteroatoms. The van der Waals surface area contributed by atoms with Crippen LogP contribution < -0.4 is 0 Å². The van der Waals surface area contributed by atoms with Gasteiger partial charge >= 0.3 is 0 Å². The Bertz CT molecular complexity index is 744. The standard InChI is InChI=1S/C20H26N2O/c1-5-15-7-8-16-17(14-21(6-2)18(16)13-15)19(23)22-11-9-20(3,4)10-12-22/h5,7-8,13-14H,1,6,9-12H2,2-4H3. The molecule has 0 bridgehead atoms. The van der Waals surface area contributed by atoms with Gasteiger partial charge in [0, 0.05) is 36.7 Å². The van der Waals surface area contributed by atoms with Crippen molar-refractivity contribution in [2.75, 3.05) is 13.1 Å². The van der Waals surface area contributed by atoms with Crippen LogP contribution in [-0.2, 0) is 6.54 Å². The smallest absolute Gasteiger partial charge is 0.256 e. The summed E-state index contributed by atoms with van der Waals surface area (Å²) in [5, 5.41) is 1.05. The number of benzene rings is 1. The van der Waals surface area contributed by atoms with E-state index in [1.165, 1.54) is 0 Å². The molecule has 1 aromatic heterocycles. The molecule has 1 aliphatic rings. The first-order chi connectivity index (χ1) is 10.9. The molecule has 0 spiro atoms. The van der Waals surface area contributed by atoms with Gasteiger partial charge < -0.3 is 9.47 Å². The zero-order valence-corrected chi connectivity index (χ0v) is 14.4. The molecule has 1 saturated heterocycles. The number of carbonyl (C=O) groups excluding carboxylic acids is 1. The van der Waals surface area contributed by atoms with E-state index >= 15 is 0 Å². The summed E-state index contributed by atoms with van der Waals surface area (Å²) in [4.78, 5) is 15.0. The Kier molecular flexibility index (Phi) is 4.05. The summed E-state index contributed by atoms with van der Waals surface area (Å²) >= 11 is 0. The van der Waals surface area contributed by atoms with Crippen molar-refractivity contribution in [3.8, 4) is 0 Å². The first-order valence-corrected chi connectivity index (χ1v) is 8.50. The number of hydrogen-bond donors (Lipinski definition) is 0. The summed E-state index contributed by atoms with van der Waals surface area (Å²) in [5.41, 5.74) is 3.39. The highest BCUT2D eigenvalue weighted by atomic mass is 16.2. The fourth-order valence-corrected chi connectivity index (χ4v) is 3.35. The lowest BCUT2D eigenvalue weighted by Gasteiger charge is -2.36. The number of amides is 1. The summed E-state index contributed by atoms with van der Waals surface area (Å²) in [6.07, 6.45) is 6.01. The van der Waals surface area contributed by atoms with Crippen LogP contribution in [0.15, 0.2) is 31.0 Å². The molecule has 0 radical (unpaired) electrons. The molecule has 2 heterocycles. The van der Waals surface area contributed by atoms with Gasteiger partial charge in [0.1, 0.15) is 0 Å². The van der Waals surface area contributed by atoms with Crippen molar-refractivity contribution in [2.45, 2.75) is 40.2 Å². The normalized spacial score (nSPS) is 17.4. The monoisotopic (exact) mass is 310 g/mol. The Labute approximate surface area is 138 Å². The summed E-state index contributed by atoms with van der Waals surface area (Å²) in [6.45, 7) is 13.1. The molecule has 0 N–H and O–H groups in total. The lowest BCUT2D eigenvalue weighted by atomic mass is 9.82. The van der Waals surface area contributed by atoms with Crippen LogP contribution >= 0.6 is 0 Å². The molecule has 1 aliphatic heterocycles. The van der Waals surface area contributed by atoms with Gasteiger partial charge in [-0.2, -0.15) is 0 Å². The minimum atomic E-state index is 0.170. The van der Waals surface area contributed by atoms with E-state index in [-0.39, 0.29) is 5.91 Å². The Morgan fingerprint density at radius 2 is 2.00 bits per heavy atom. The fourth-order valence-electron chi connectivity index (χ4n) is 3.35. The van der Waals surface area contributed by atoms with E-state index in [2.05, 4.69) is 44.0 Å². The number of nitrogens with zero attached hydrogens (tertiary/aromatic N) is 2. The third-order valence-electron chi connectivity index (χ3n) is 5.12. The van der Waals surface area contributed by atoms with E-state index in [9.17, 15) is 4.79 Å². The highest BCUT2D eigenvalue weighted by Gasteiger charge is 2.29. The predicted molar refractivity (Wildman–Crippen MR) is 96.6 cm³/mol. The van der Waals surface area contributed by atoms with Crippen LogP contribution in [0.5, 0.6) is 0 Å². The maximum Gasteiger partial charge on any atom is 0.256 e. The highest BCUT2D eigenvalue weighted by molar-refractivity contribution is 6.07. The largest absolute Gasteiger partial charge is 0.347 e. The third kappa shape index (κ3) is 2.92. The van der Waals surface area contributed by atoms with Crippen molar-refractivity contribution in [3.05, 3.63) is 42.1 Å². The zero-order valence-electron chi connectivity index (χ0n) is 14.4. The summed E-state index contributed by atoms with van der Waals surface area (Å²) in [5.74, 6) is 0.170. The van der Waals surface area contributed by atoms with Crippen LogP contribution in [0.4, 0.5) is 0 Å². The molecule has 1 amide bonds. The maximum absolute atomic E-state index is 13.0. The molecule has 1 fully saturated rings. The second-order valence-corrected chi connectivity index (χ2v) is 7.27. The average molecular weight is 310 g/mol. The van der Waals surface area contributed by atoms with E-state index in [0.717, 1.165) is 54.5 Å². The van der Waals surface area contributed by atoms with Crippen molar-refractivity contribution in [1.29, 1.82) is 0 Å². The van der Waals surface area contributed by atoms with Crippen LogP contribution in [-0.4, -0.2) is 28.5 Å². The van der Waals surface area contributed by atoms with Crippen molar-refractivity contribution in [2.24, 2.45) is 5.41 Å². The number of fused-ring (bicyclic) bond motifs is 1. The molecular formula is C20H26N2O. The van der Waals surface area contributed by atoms with Crippen LogP contribution in [0.3, 0.4) is 0 Å². The number of aryl methyl sites for hydroxylation is 1. The summed E-state index contributed by atoms with van der Waals surface area (Å²) < 4.78 is 2.16. The van der Waals surface area contributed by atoms with Gasteiger partial charge in [-0.15, -0.1) is 0 Å². The molecule has 0 atom stereocenters. The average Bonchev–Trinajstić information content (AvgIpc) is 2.92. The molecule has 3 nitrogen and oxygen atoms in total. The predicted octanol–water partition coefficient (Wildman–Crippen LogP) is 4.57. The van der Waals surface area contributed by atoms with Gasteiger partial charge in [0.15, 0.2) is 0 Å². The number of carbonyl (C=O) groups is 1. The Balaban J connectivity index is 1.96. The van der Waals surface area contributed by atoms with Crippen LogP contribution in [0.1, 0.15) is 49.5 Å². The molecular weight excluding hydrogens is 284 g/mol. The maximum atomic E-state index is 13.0. The van der Waals surface area contributed by atoms with Crippen molar-refractivity contribution >= 4 is 22.9 Å². The van der Waals surface area contributed by atoms with Crippen LogP contribution in [0.25, 0.3) is 17.0 Å². The minimum Gasteiger partial charge on any atom is -0.347 e. The van der Waals surface area contributed by atoms with Crippen molar-refractivity contribution in [1.82, 2.24) is 9.47 Å². The van der Waals surface area contributed by atoms with Gasteiger partial charge in [0.25, 0.3) is 5.91 Å². The summed E-state index contributed by atoms with van der Waals surface area (Å²) in [6, 6.07) is 6.20. The van der Waals surface area contributed by atoms with E-state index in [4.69, 9.17) is 0 Å². The molecule has 23 heavy (non-hydrogen) atoms. The number of rotatable bonds is 3. The van der Waals surface area contributed by atoms with Crippen molar-refractivity contribution < 1.29 is 4.79 Å². The molecule has 0 aliphatic carbocycles. The topological polar surface area (TPSA) is 25.2 Å². The first kappa shape index (κ1) is 15.9. The van der Waals surface area contributed by atoms with Crippen molar-refractivity contribution in [3.63, 3.8) is 0 Å². The fraction of sp³-hybridized carbons (Fsp3) is 0.450. The van der Waals surface area contributed by atoms with Gasteiger partial charge in [-0.05, 0) is 36.8 Å². The molecule has 3 rings (SSSR count). The zero-order chi connectivity index (χ0) is 16.6. The quantitative estimate of drug-likeness (QED) is 0.815. The van der Waals surface area contributed by atoms with Gasteiger partial charge in [-0.3, -0.25) is 4.79 Å². The minimum absolute atomic E-state index is 0.170. The van der Waals surface area contributed by atoms with Gasteiger partial charge in [0.05, 0.1) is 5.56 Å². The van der Waals surface area contributed by atoms with Gasteiger partial charge in [-0.1, -0.05) is 38.6 Å². The van der Waals surface area contributed by atoms with Crippen LogP contribution in [0.2, 0.25) is 0 Å². The molecule has 122 valence electrons. The Hall–Kier alpha value is -2.03. The number of aromatic nitrogens is 1. The molecule has 2 aromatic rings. The Morgan fingerprint density at radius 3 is 2.61 bits per heavy atom. The number of likely N-dealkylation sites (tertiary alicyclic amines) is 1. The SMILES string of the molecule is C=Cc1ccc2c(C(=O)N3CCC(C)(C)CC3)cn(CC)c2c1. The molecule has 0 unspecified atom stereocenters. The lowest BCUT2D eigenvalue weighted by molar-refractivity contribution is 0.0632. The van der Waals surface area contributed by atoms with Crippen LogP contribution in [0, 0.1) is 5.41 Å². The molecule has 1 aromatic carbocycles. The number of piperidine rings is 1. The molecule has 0 saturated carbocycles. The highest BCUT2D eigenvalue weighted by Crippen LogP contribution is 2.31. The summed E-state index contributed by atoms with van der Waals surface area (Å²) in [7, 11) is 0.